The fourth-order valence-corrected chi connectivity index (χ4v) is 4.81. The van der Waals surface area contributed by atoms with E-state index in [4.69, 9.17) is 9.47 Å². The van der Waals surface area contributed by atoms with Gasteiger partial charge < -0.3 is 14.6 Å². The third-order valence-electron chi connectivity index (χ3n) is 6.49. The summed E-state index contributed by atoms with van der Waals surface area (Å²) in [6.07, 6.45) is 19.1. The highest BCUT2D eigenvalue weighted by molar-refractivity contribution is 7.15. The van der Waals surface area contributed by atoms with E-state index in [2.05, 4.69) is 16.9 Å². The number of phenolic OH excluding ortho intramolecular Hbond substituents is 1. The van der Waals surface area contributed by atoms with Crippen molar-refractivity contribution < 1.29 is 19.4 Å². The molecule has 0 aliphatic heterocycles. The summed E-state index contributed by atoms with van der Waals surface area (Å²) in [5.74, 6) is 0.471. The van der Waals surface area contributed by atoms with Gasteiger partial charge in [0.05, 0.1) is 12.2 Å². The van der Waals surface area contributed by atoms with Gasteiger partial charge in [-0.2, -0.15) is 0 Å². The van der Waals surface area contributed by atoms with Gasteiger partial charge in [0.15, 0.2) is 0 Å². The van der Waals surface area contributed by atoms with Crippen LogP contribution in [0, 0.1) is 6.92 Å². The number of unbranched alkanes of at least 4 members (excludes halogenated alkanes) is 11. The normalized spacial score (nSPS) is 11.2. The summed E-state index contributed by atoms with van der Waals surface area (Å²) in [7, 11) is 0. The molecule has 6 nitrogen and oxygen atoms in total. The minimum Gasteiger partial charge on any atom is -0.507 e. The number of nitrogens with zero attached hydrogens (tertiary/aromatic N) is 2. The monoisotopic (exact) mass is 550 g/mol. The minimum atomic E-state index is -0.499. The van der Waals surface area contributed by atoms with Crippen LogP contribution in [0.2, 0.25) is 0 Å². The van der Waals surface area contributed by atoms with Gasteiger partial charge >= 0.3 is 5.97 Å². The fourth-order valence-electron chi connectivity index (χ4n) is 4.21. The SMILES string of the molecule is CCCCCCCCCCCCCCOc1ccc(C(=O)Oc2ccc(/C=N/c3ncc(C)s3)c(O)c2)cc1. The largest absolute Gasteiger partial charge is 0.507 e. The molecule has 0 aliphatic rings. The Bertz CT molecular complexity index is 1160. The molecule has 1 N–H and O–H groups in total. The number of ether oxygens (including phenoxy) is 2. The average Bonchev–Trinajstić information content (AvgIpc) is 3.36. The van der Waals surface area contributed by atoms with Gasteiger partial charge in [-0.05, 0) is 49.7 Å². The molecule has 0 fully saturated rings. The highest BCUT2D eigenvalue weighted by atomic mass is 32.1. The van der Waals surface area contributed by atoms with Crippen LogP contribution in [-0.4, -0.2) is 28.9 Å². The van der Waals surface area contributed by atoms with E-state index in [-0.39, 0.29) is 11.5 Å². The van der Waals surface area contributed by atoms with Crippen LogP contribution in [0.25, 0.3) is 0 Å². The molecule has 1 heterocycles. The summed E-state index contributed by atoms with van der Waals surface area (Å²) in [5, 5.41) is 10.9. The number of benzene rings is 2. The van der Waals surface area contributed by atoms with Crippen LogP contribution in [0.5, 0.6) is 17.2 Å². The standard InChI is InChI=1S/C32H42N2O4S/c1-3-4-5-6-7-8-9-10-11-12-13-14-21-37-28-18-15-26(16-19-28)31(36)38-29-20-17-27(30(35)22-29)24-34-32-33-23-25(2)39-32/h15-20,22-24,35H,3-14,21H2,1-2H3/b34-24+. The second kappa shape index (κ2) is 17.4. The van der Waals surface area contributed by atoms with Gasteiger partial charge in [0.25, 0.3) is 0 Å². The van der Waals surface area contributed by atoms with Gasteiger partial charge in [-0.3, -0.25) is 0 Å². The van der Waals surface area contributed by atoms with E-state index in [1.54, 1.807) is 42.6 Å². The molecule has 0 radical (unpaired) electrons. The summed E-state index contributed by atoms with van der Waals surface area (Å²) < 4.78 is 11.3. The lowest BCUT2D eigenvalue weighted by Gasteiger charge is -2.08. The Kier molecular flexibility index (Phi) is 13.5. The number of hydrogen-bond donors (Lipinski definition) is 1. The van der Waals surface area contributed by atoms with E-state index in [0.717, 1.165) is 17.0 Å². The van der Waals surface area contributed by atoms with Crippen LogP contribution in [0.3, 0.4) is 0 Å². The third-order valence-corrected chi connectivity index (χ3v) is 7.31. The van der Waals surface area contributed by atoms with Gasteiger partial charge in [-0.15, -0.1) is 11.3 Å². The molecular weight excluding hydrogens is 508 g/mol. The highest BCUT2D eigenvalue weighted by Gasteiger charge is 2.11. The number of phenols is 1. The molecule has 0 atom stereocenters. The average molecular weight is 551 g/mol. The van der Waals surface area contributed by atoms with Gasteiger partial charge in [0.1, 0.15) is 17.2 Å². The number of carbonyl (C=O) groups is 1. The van der Waals surface area contributed by atoms with Crippen LogP contribution in [-0.2, 0) is 0 Å². The predicted molar refractivity (Wildman–Crippen MR) is 160 cm³/mol. The van der Waals surface area contributed by atoms with Crippen LogP contribution in [0.1, 0.15) is 105 Å². The van der Waals surface area contributed by atoms with Crippen molar-refractivity contribution >= 4 is 28.7 Å². The number of thiazole rings is 1. The maximum atomic E-state index is 12.5. The molecule has 39 heavy (non-hydrogen) atoms. The van der Waals surface area contributed by atoms with Crippen molar-refractivity contribution in [1.29, 1.82) is 0 Å². The predicted octanol–water partition coefficient (Wildman–Crippen LogP) is 9.21. The Labute approximate surface area is 237 Å². The Balaban J connectivity index is 1.30. The first kappa shape index (κ1) is 30.4. The first-order valence-corrected chi connectivity index (χ1v) is 15.1. The van der Waals surface area contributed by atoms with Gasteiger partial charge in [-0.1, -0.05) is 77.6 Å². The number of esters is 1. The van der Waals surface area contributed by atoms with E-state index in [1.807, 2.05) is 6.92 Å². The zero-order chi connectivity index (χ0) is 27.7. The van der Waals surface area contributed by atoms with E-state index in [1.165, 1.54) is 94.2 Å². The Morgan fingerprint density at radius 3 is 2.10 bits per heavy atom. The molecule has 0 bridgehead atoms. The second-order valence-corrected chi connectivity index (χ2v) is 11.1. The van der Waals surface area contributed by atoms with E-state index in [9.17, 15) is 9.90 Å². The molecule has 0 amide bonds. The van der Waals surface area contributed by atoms with Crippen molar-refractivity contribution in [2.24, 2.45) is 4.99 Å². The molecule has 210 valence electrons. The van der Waals surface area contributed by atoms with E-state index < -0.39 is 5.97 Å². The number of aromatic hydroxyl groups is 1. The number of carbonyl (C=O) groups excluding carboxylic acids is 1. The summed E-state index contributed by atoms with van der Waals surface area (Å²) >= 11 is 1.47. The summed E-state index contributed by atoms with van der Waals surface area (Å²) in [5.41, 5.74) is 0.925. The van der Waals surface area contributed by atoms with Gasteiger partial charge in [0, 0.05) is 28.9 Å². The lowest BCUT2D eigenvalue weighted by atomic mass is 10.1. The molecule has 0 aliphatic carbocycles. The Hall–Kier alpha value is -3.19. The first-order chi connectivity index (χ1) is 19.0. The summed E-state index contributed by atoms with van der Waals surface area (Å²) in [6.45, 7) is 4.90. The number of aryl methyl sites for hydroxylation is 1. The van der Waals surface area contributed by atoms with Crippen LogP contribution in [0.15, 0.2) is 53.7 Å². The minimum absolute atomic E-state index is 0.0288. The molecule has 0 saturated heterocycles. The summed E-state index contributed by atoms with van der Waals surface area (Å²) in [4.78, 5) is 22.0. The van der Waals surface area contributed by atoms with Crippen molar-refractivity contribution in [3.8, 4) is 17.2 Å². The maximum Gasteiger partial charge on any atom is 0.343 e. The fraction of sp³-hybridized carbons (Fsp3) is 0.469. The van der Waals surface area contributed by atoms with Gasteiger partial charge in [-0.25, -0.2) is 14.8 Å². The Morgan fingerprint density at radius 2 is 1.51 bits per heavy atom. The number of rotatable bonds is 18. The third kappa shape index (κ3) is 11.6. The van der Waals surface area contributed by atoms with Crippen molar-refractivity contribution in [2.75, 3.05) is 6.61 Å². The number of aromatic nitrogens is 1. The van der Waals surface area contributed by atoms with Crippen molar-refractivity contribution in [3.63, 3.8) is 0 Å². The lowest BCUT2D eigenvalue weighted by molar-refractivity contribution is 0.0734. The number of aliphatic imine (C=N–C) groups is 1. The Morgan fingerprint density at radius 1 is 0.897 bits per heavy atom. The molecule has 2 aromatic carbocycles. The molecule has 0 unspecified atom stereocenters. The maximum absolute atomic E-state index is 12.5. The summed E-state index contributed by atoms with van der Waals surface area (Å²) in [6, 6.07) is 11.6. The molecule has 1 aromatic heterocycles. The second-order valence-electron chi connectivity index (χ2n) is 9.88. The topological polar surface area (TPSA) is 81.0 Å². The van der Waals surface area contributed by atoms with Crippen molar-refractivity contribution in [2.45, 2.75) is 90.9 Å². The quantitative estimate of drug-likeness (QED) is 0.0739. The van der Waals surface area contributed by atoms with Crippen LogP contribution < -0.4 is 9.47 Å². The first-order valence-electron chi connectivity index (χ1n) is 14.3. The molecule has 3 aromatic rings. The molecule has 0 saturated carbocycles. The van der Waals surface area contributed by atoms with Gasteiger partial charge in [0.2, 0.25) is 5.13 Å². The molecule has 0 spiro atoms. The smallest absolute Gasteiger partial charge is 0.343 e. The van der Waals surface area contributed by atoms with Crippen LogP contribution >= 0.6 is 11.3 Å². The van der Waals surface area contributed by atoms with Crippen molar-refractivity contribution in [1.82, 2.24) is 4.98 Å². The zero-order valence-electron chi connectivity index (χ0n) is 23.4. The highest BCUT2D eigenvalue weighted by Crippen LogP contribution is 2.25. The molecular formula is C32H42N2O4S. The van der Waals surface area contributed by atoms with E-state index >= 15 is 0 Å². The molecule has 3 rings (SSSR count). The lowest BCUT2D eigenvalue weighted by Crippen LogP contribution is -2.08. The number of hydrogen-bond acceptors (Lipinski definition) is 7. The van der Waals surface area contributed by atoms with Crippen molar-refractivity contribution in [3.05, 3.63) is 64.7 Å². The van der Waals surface area contributed by atoms with E-state index in [0.29, 0.717) is 22.9 Å². The molecule has 7 heteroatoms. The van der Waals surface area contributed by atoms with Crippen LogP contribution in [0.4, 0.5) is 5.13 Å². The zero-order valence-corrected chi connectivity index (χ0v) is 24.2.